The molecule has 1 saturated heterocycles. The number of amides is 2. The average molecular weight is 288 g/mol. The zero-order valence-corrected chi connectivity index (χ0v) is 13.0. The fourth-order valence-corrected chi connectivity index (χ4v) is 2.75. The van der Waals surface area contributed by atoms with E-state index < -0.39 is 0 Å². The second-order valence-corrected chi connectivity index (χ2v) is 5.74. The molecular weight excluding hydrogens is 264 g/mol. The fourth-order valence-electron chi connectivity index (χ4n) is 2.75. The number of anilines is 1. The van der Waals surface area contributed by atoms with Crippen LogP contribution in [0, 0.1) is 19.3 Å². The summed E-state index contributed by atoms with van der Waals surface area (Å²) in [6, 6.07) is 6.00. The molecule has 3 N–H and O–H groups in total. The molecule has 5 nitrogen and oxygen atoms in total. The summed E-state index contributed by atoms with van der Waals surface area (Å²) in [5.74, 6) is 0.0233. The highest BCUT2D eigenvalue weighted by atomic mass is 16.2. The number of rotatable bonds is 1. The third kappa shape index (κ3) is 3.74. The topological polar surface area (TPSA) is 68.2 Å². The summed E-state index contributed by atoms with van der Waals surface area (Å²) in [5, 5.41) is 13.6. The first-order chi connectivity index (χ1) is 9.99. The Labute approximate surface area is 126 Å². The lowest BCUT2D eigenvalue weighted by atomic mass is 10.0. The Morgan fingerprint density at radius 1 is 1.29 bits per heavy atom. The highest BCUT2D eigenvalue weighted by Gasteiger charge is 2.23. The Kier molecular flexibility index (Phi) is 4.83. The second kappa shape index (κ2) is 6.61. The predicted molar refractivity (Wildman–Crippen MR) is 85.8 cm³/mol. The first-order valence-corrected chi connectivity index (χ1v) is 7.48. The number of carbonyl (C=O) groups excluding carboxylic acids is 1. The third-order valence-electron chi connectivity index (χ3n) is 4.03. The van der Waals surface area contributed by atoms with Crippen LogP contribution >= 0.6 is 0 Å². The van der Waals surface area contributed by atoms with Gasteiger partial charge in [0.1, 0.15) is 0 Å². The van der Waals surface area contributed by atoms with Crippen LogP contribution in [0.1, 0.15) is 37.3 Å². The number of nitrogens with one attached hydrogen (secondary N) is 3. The summed E-state index contributed by atoms with van der Waals surface area (Å²) in [5.41, 5.74) is 3.00. The molecule has 2 amide bonds. The van der Waals surface area contributed by atoms with Crippen molar-refractivity contribution in [2.75, 3.05) is 11.9 Å². The summed E-state index contributed by atoms with van der Waals surface area (Å²) < 4.78 is 0. The lowest BCUT2D eigenvalue weighted by Gasteiger charge is -2.33. The first-order valence-electron chi connectivity index (χ1n) is 7.48. The maximum absolute atomic E-state index is 12.2. The van der Waals surface area contributed by atoms with Crippen molar-refractivity contribution in [1.82, 2.24) is 10.2 Å². The quantitative estimate of drug-likeness (QED) is 0.548. The van der Waals surface area contributed by atoms with Crippen molar-refractivity contribution in [3.8, 4) is 0 Å². The van der Waals surface area contributed by atoms with Crippen LogP contribution in [0.25, 0.3) is 0 Å². The van der Waals surface area contributed by atoms with Crippen molar-refractivity contribution in [2.24, 2.45) is 0 Å². The van der Waals surface area contributed by atoms with Crippen LogP contribution in [0.15, 0.2) is 18.2 Å². The van der Waals surface area contributed by atoms with Gasteiger partial charge in [0.2, 0.25) is 5.96 Å². The molecule has 5 heteroatoms. The number of para-hydroxylation sites is 1. The number of hydrogen-bond donors (Lipinski definition) is 3. The molecule has 1 fully saturated rings. The Hall–Kier alpha value is -2.04. The van der Waals surface area contributed by atoms with E-state index in [1.165, 1.54) is 6.42 Å². The number of urea groups is 1. The van der Waals surface area contributed by atoms with Crippen LogP contribution in [0.4, 0.5) is 10.5 Å². The van der Waals surface area contributed by atoms with Gasteiger partial charge in [0.05, 0.1) is 0 Å². The minimum absolute atomic E-state index is 0.0233. The van der Waals surface area contributed by atoms with Gasteiger partial charge < -0.3 is 10.2 Å². The average Bonchev–Trinajstić information content (AvgIpc) is 2.43. The van der Waals surface area contributed by atoms with Crippen LogP contribution < -0.4 is 10.6 Å². The fraction of sp³-hybridized carbons (Fsp3) is 0.500. The summed E-state index contributed by atoms with van der Waals surface area (Å²) in [6.45, 7) is 6.79. The molecule has 1 aliphatic rings. The Morgan fingerprint density at radius 2 is 1.95 bits per heavy atom. The summed E-state index contributed by atoms with van der Waals surface area (Å²) >= 11 is 0. The van der Waals surface area contributed by atoms with E-state index in [0.717, 1.165) is 36.2 Å². The van der Waals surface area contributed by atoms with Gasteiger partial charge in [-0.15, -0.1) is 0 Å². The SMILES string of the molecule is Cc1cccc(C)c1NC(=N)NC(=O)N1CCCCC1C. The number of carbonyl (C=O) groups is 1. The largest absolute Gasteiger partial charge is 0.326 e. The van der Waals surface area contributed by atoms with Gasteiger partial charge in [0, 0.05) is 18.3 Å². The monoisotopic (exact) mass is 288 g/mol. The molecule has 1 atom stereocenters. The zero-order valence-electron chi connectivity index (χ0n) is 13.0. The molecule has 1 aromatic rings. The van der Waals surface area contributed by atoms with E-state index in [-0.39, 0.29) is 18.0 Å². The van der Waals surface area contributed by atoms with Gasteiger partial charge in [0.15, 0.2) is 0 Å². The second-order valence-electron chi connectivity index (χ2n) is 5.74. The Balaban J connectivity index is 1.97. The normalized spacial score (nSPS) is 18.2. The van der Waals surface area contributed by atoms with Gasteiger partial charge in [-0.25, -0.2) is 4.79 Å². The summed E-state index contributed by atoms with van der Waals surface area (Å²) in [6.07, 6.45) is 3.24. The van der Waals surface area contributed by atoms with Gasteiger partial charge in [0.25, 0.3) is 0 Å². The molecule has 1 unspecified atom stereocenters. The molecule has 0 saturated carbocycles. The molecule has 1 aromatic carbocycles. The molecule has 114 valence electrons. The minimum atomic E-state index is -0.189. The van der Waals surface area contributed by atoms with E-state index in [2.05, 4.69) is 17.6 Å². The highest BCUT2D eigenvalue weighted by Crippen LogP contribution is 2.19. The van der Waals surface area contributed by atoms with Gasteiger partial charge in [-0.1, -0.05) is 18.2 Å². The molecule has 0 bridgehead atoms. The molecule has 0 aromatic heterocycles. The lowest BCUT2D eigenvalue weighted by Crippen LogP contribution is -2.50. The van der Waals surface area contributed by atoms with Crippen LogP contribution in [0.2, 0.25) is 0 Å². The standard InChI is InChI=1S/C16H24N4O/c1-11-7-6-8-12(2)14(11)18-15(17)19-16(21)20-10-5-4-9-13(20)3/h6-8,13H,4-5,9-10H2,1-3H3,(H3,17,18,19,21). The maximum Gasteiger partial charge on any atom is 0.324 e. The van der Waals surface area contributed by atoms with E-state index in [9.17, 15) is 4.79 Å². The van der Waals surface area contributed by atoms with E-state index in [1.807, 2.05) is 36.9 Å². The van der Waals surface area contributed by atoms with E-state index in [1.54, 1.807) is 0 Å². The molecule has 21 heavy (non-hydrogen) atoms. The maximum atomic E-state index is 12.2. The van der Waals surface area contributed by atoms with Crippen molar-refractivity contribution < 1.29 is 4.79 Å². The van der Waals surface area contributed by atoms with Crippen molar-refractivity contribution in [2.45, 2.75) is 46.1 Å². The summed E-state index contributed by atoms with van der Waals surface area (Å²) in [4.78, 5) is 14.0. The van der Waals surface area contributed by atoms with Crippen molar-refractivity contribution >= 4 is 17.7 Å². The molecule has 0 aliphatic carbocycles. The number of piperidine rings is 1. The van der Waals surface area contributed by atoms with Gasteiger partial charge in [-0.3, -0.25) is 10.7 Å². The number of nitrogens with zero attached hydrogens (tertiary/aromatic N) is 1. The van der Waals surface area contributed by atoms with Crippen molar-refractivity contribution in [3.63, 3.8) is 0 Å². The zero-order chi connectivity index (χ0) is 15.4. The molecule has 2 rings (SSSR count). The number of likely N-dealkylation sites (tertiary alicyclic amines) is 1. The number of aryl methyl sites for hydroxylation is 2. The molecular formula is C16H24N4O. The Morgan fingerprint density at radius 3 is 2.57 bits per heavy atom. The molecule has 1 aliphatic heterocycles. The van der Waals surface area contributed by atoms with E-state index in [4.69, 9.17) is 5.41 Å². The minimum Gasteiger partial charge on any atom is -0.326 e. The Bertz CT molecular complexity index is 521. The van der Waals surface area contributed by atoms with Crippen LogP contribution in [-0.4, -0.2) is 29.5 Å². The van der Waals surface area contributed by atoms with Crippen LogP contribution in [0.5, 0.6) is 0 Å². The third-order valence-corrected chi connectivity index (χ3v) is 4.03. The number of benzene rings is 1. The lowest BCUT2D eigenvalue weighted by molar-refractivity contribution is 0.162. The molecule has 0 spiro atoms. The van der Waals surface area contributed by atoms with Gasteiger partial charge >= 0.3 is 6.03 Å². The van der Waals surface area contributed by atoms with Crippen LogP contribution in [-0.2, 0) is 0 Å². The highest BCUT2D eigenvalue weighted by molar-refractivity contribution is 6.02. The van der Waals surface area contributed by atoms with Gasteiger partial charge in [-0.05, 0) is 51.2 Å². The smallest absolute Gasteiger partial charge is 0.324 e. The molecule has 0 radical (unpaired) electrons. The number of hydrogen-bond acceptors (Lipinski definition) is 2. The van der Waals surface area contributed by atoms with Crippen LogP contribution in [0.3, 0.4) is 0 Å². The number of guanidine groups is 1. The molecule has 1 heterocycles. The predicted octanol–water partition coefficient (Wildman–Crippen LogP) is 3.23. The first kappa shape index (κ1) is 15.4. The van der Waals surface area contributed by atoms with E-state index >= 15 is 0 Å². The summed E-state index contributed by atoms with van der Waals surface area (Å²) in [7, 11) is 0. The van der Waals surface area contributed by atoms with Gasteiger partial charge in [-0.2, -0.15) is 0 Å². The van der Waals surface area contributed by atoms with Crippen molar-refractivity contribution in [1.29, 1.82) is 5.41 Å². The van der Waals surface area contributed by atoms with E-state index in [0.29, 0.717) is 0 Å². The van der Waals surface area contributed by atoms with Crippen molar-refractivity contribution in [3.05, 3.63) is 29.3 Å².